The van der Waals surface area contributed by atoms with Gasteiger partial charge in [-0.2, -0.15) is 9.29 Å². The van der Waals surface area contributed by atoms with Crippen molar-refractivity contribution in [2.45, 2.75) is 255 Å². The van der Waals surface area contributed by atoms with Crippen LogP contribution in [0.4, 0.5) is 5.82 Å². The molecule has 0 radical (unpaired) electrons. The fraction of sp³-hybridized carbons (Fsp3) is 0.750. The average molecular weight is 1260 g/mol. The number of aromatic nitrogens is 2. The first kappa shape index (κ1) is 77.6. The van der Waals surface area contributed by atoms with E-state index in [0.29, 0.717) is 6.42 Å². The number of allylic oxidation sites excluding steroid dienone is 7. The van der Waals surface area contributed by atoms with Crippen molar-refractivity contribution >= 4 is 51.1 Å². The quantitative estimate of drug-likeness (QED) is 0.00987. The summed E-state index contributed by atoms with van der Waals surface area (Å²) in [6, 6.07) is -0.0701. The van der Waals surface area contributed by atoms with E-state index in [9.17, 15) is 53.4 Å². The molecule has 85 heavy (non-hydrogen) atoms. The molecule has 25 heteroatoms. The molecular formula is C60H104N4O18P2S. The minimum Gasteiger partial charge on any atom is -0.481 e. The van der Waals surface area contributed by atoms with Gasteiger partial charge in [-0.25, -0.2) is 13.9 Å². The first-order valence-electron chi connectivity index (χ1n) is 31.0. The topological polar surface area (TPSA) is 349 Å². The molecule has 0 amide bonds. The molecule has 2 heterocycles. The summed E-state index contributed by atoms with van der Waals surface area (Å²) in [5.41, 5.74) is 10.8. The van der Waals surface area contributed by atoms with Gasteiger partial charge in [0.1, 0.15) is 36.8 Å². The van der Waals surface area contributed by atoms with Crippen molar-refractivity contribution in [3.63, 3.8) is 0 Å². The van der Waals surface area contributed by atoms with Gasteiger partial charge in [-0.3, -0.25) is 28.0 Å². The number of phosphoric acid groups is 2. The summed E-state index contributed by atoms with van der Waals surface area (Å²) in [5, 5.41) is 40.6. The molecule has 3 unspecified atom stereocenters. The van der Waals surface area contributed by atoms with Crippen LogP contribution in [0.25, 0.3) is 0 Å². The van der Waals surface area contributed by atoms with E-state index >= 15 is 0 Å². The molecule has 22 nitrogen and oxygen atoms in total. The number of aliphatic carboxylic acids is 1. The lowest BCUT2D eigenvalue weighted by molar-refractivity contribution is -0.161. The van der Waals surface area contributed by atoms with Gasteiger partial charge in [0.05, 0.1) is 19.3 Å². The highest BCUT2D eigenvalue weighted by Gasteiger charge is 2.46. The molecule has 0 spiro atoms. The van der Waals surface area contributed by atoms with E-state index in [1.165, 1.54) is 109 Å². The number of esters is 2. The van der Waals surface area contributed by atoms with Crippen molar-refractivity contribution in [2.75, 3.05) is 31.3 Å². The minimum absolute atomic E-state index is 0.0498. The zero-order valence-corrected chi connectivity index (χ0v) is 53.3. The van der Waals surface area contributed by atoms with Gasteiger partial charge in [0.25, 0.3) is 0 Å². The number of aliphatic hydroxyl groups excluding tert-OH is 3. The number of hydrogen-bond acceptors (Lipinski definition) is 19. The van der Waals surface area contributed by atoms with Gasteiger partial charge in [-0.05, 0) is 50.5 Å². The van der Waals surface area contributed by atoms with E-state index < -0.39 is 107 Å². The van der Waals surface area contributed by atoms with Gasteiger partial charge >= 0.3 is 39.2 Å². The minimum atomic E-state index is -5.56. The maximum atomic E-state index is 13.3. The number of ether oxygens (including phenoxy) is 3. The molecule has 1 aliphatic rings. The van der Waals surface area contributed by atoms with Crippen LogP contribution in [-0.4, -0.2) is 125 Å². The lowest BCUT2D eigenvalue weighted by Crippen LogP contribution is -2.38. The number of carbonyl (C=O) groups is 3. The Morgan fingerprint density at radius 1 is 0.765 bits per heavy atom. The Morgan fingerprint density at radius 2 is 1.36 bits per heavy atom. The first-order valence-corrected chi connectivity index (χ1v) is 35.0. The van der Waals surface area contributed by atoms with Gasteiger partial charge in [-0.1, -0.05) is 204 Å². The van der Waals surface area contributed by atoms with E-state index in [-0.39, 0.29) is 37.3 Å². The SMILES string of the molecule is CCCCC/C=C\C\C=C/C=C/C=C/[C@@H](SC[C@H](N)C(=O)OC[C@H](COP(=O)(O)OP(=O)(O)OC[C@H]1O[C@@H](n2ccc(N)nc2=O)[C@H](O)[C@@H]1O)OC(=O)CCCCCCCCCCCCCCCCCCCCC(C)CC)[C@@H](O)CCCC(=O)O. The van der Waals surface area contributed by atoms with Gasteiger partial charge < -0.3 is 55.9 Å². The third-order valence-electron chi connectivity index (χ3n) is 14.5. The van der Waals surface area contributed by atoms with Gasteiger partial charge in [0.2, 0.25) is 0 Å². The molecule has 0 aliphatic carbocycles. The zero-order chi connectivity index (χ0) is 62.7. The van der Waals surface area contributed by atoms with Crippen LogP contribution < -0.4 is 17.2 Å². The summed E-state index contributed by atoms with van der Waals surface area (Å²) >= 11 is 1.13. The lowest BCUT2D eigenvalue weighted by atomic mass is 9.99. The number of carboxylic acids is 1. The second-order valence-electron chi connectivity index (χ2n) is 22.0. The first-order chi connectivity index (χ1) is 40.7. The number of aliphatic hydroxyl groups is 3. The van der Waals surface area contributed by atoms with Crippen LogP contribution in [-0.2, 0) is 51.1 Å². The Labute approximate surface area is 509 Å². The van der Waals surface area contributed by atoms with Crippen LogP contribution in [0.5, 0.6) is 0 Å². The summed E-state index contributed by atoms with van der Waals surface area (Å²) in [5.74, 6) is -2.09. The van der Waals surface area contributed by atoms with Crippen molar-refractivity contribution in [1.29, 1.82) is 0 Å². The number of unbranched alkanes of at least 4 members (excludes halogenated alkanes) is 20. The highest BCUT2D eigenvalue weighted by molar-refractivity contribution is 8.00. The molecule has 0 aromatic carbocycles. The largest absolute Gasteiger partial charge is 0.481 e. The van der Waals surface area contributed by atoms with E-state index in [0.717, 1.165) is 79.8 Å². The van der Waals surface area contributed by atoms with Crippen LogP contribution >= 0.6 is 27.4 Å². The highest BCUT2D eigenvalue weighted by Crippen LogP contribution is 2.60. The van der Waals surface area contributed by atoms with Crippen molar-refractivity contribution in [1.82, 2.24) is 9.55 Å². The maximum absolute atomic E-state index is 13.3. The number of anilines is 1. The van der Waals surface area contributed by atoms with Crippen LogP contribution in [0.1, 0.15) is 213 Å². The molecular weight excluding hydrogens is 1160 g/mol. The molecule has 1 aromatic heterocycles. The summed E-state index contributed by atoms with van der Waals surface area (Å²) in [7, 11) is -11.1. The van der Waals surface area contributed by atoms with Crippen LogP contribution in [0.15, 0.2) is 65.7 Å². The normalized spacial score (nSPS) is 19.8. The molecule has 0 bridgehead atoms. The number of nitrogen functional groups attached to an aromatic ring is 1. The van der Waals surface area contributed by atoms with Crippen molar-refractivity contribution in [3.8, 4) is 0 Å². The Bertz CT molecular complexity index is 2270. The van der Waals surface area contributed by atoms with Crippen LogP contribution in [0.3, 0.4) is 0 Å². The number of nitrogens with two attached hydrogens (primary N) is 2. The van der Waals surface area contributed by atoms with Gasteiger partial charge in [0, 0.05) is 30.0 Å². The van der Waals surface area contributed by atoms with Crippen LogP contribution in [0, 0.1) is 5.92 Å². The number of carbonyl (C=O) groups excluding carboxylic acids is 2. The maximum Gasteiger partial charge on any atom is 0.481 e. The van der Waals surface area contributed by atoms with Gasteiger partial charge in [0.15, 0.2) is 12.3 Å². The fourth-order valence-corrected chi connectivity index (χ4v) is 12.4. The van der Waals surface area contributed by atoms with Crippen LogP contribution in [0.2, 0.25) is 0 Å². The zero-order valence-electron chi connectivity index (χ0n) is 50.7. The van der Waals surface area contributed by atoms with E-state index in [2.05, 4.69) is 42.2 Å². The second kappa shape index (κ2) is 46.6. The Balaban J connectivity index is 1.96. The highest BCUT2D eigenvalue weighted by atomic mass is 32.2. The number of hydrogen-bond donors (Lipinski definition) is 8. The Morgan fingerprint density at radius 3 is 1.96 bits per heavy atom. The molecule has 488 valence electrons. The summed E-state index contributed by atoms with van der Waals surface area (Å²) < 4.78 is 57.3. The number of nitrogens with zero attached hydrogens (tertiary/aromatic N) is 2. The molecule has 0 saturated carbocycles. The van der Waals surface area contributed by atoms with Crippen molar-refractivity contribution in [3.05, 3.63) is 71.4 Å². The van der Waals surface area contributed by atoms with Crippen molar-refractivity contribution in [2.24, 2.45) is 11.7 Å². The predicted molar refractivity (Wildman–Crippen MR) is 331 cm³/mol. The molecule has 11 atom stereocenters. The number of thioether (sulfide) groups is 1. The Hall–Kier alpha value is -3.54. The summed E-state index contributed by atoms with van der Waals surface area (Å²) in [6.07, 6.45) is 36.4. The third-order valence-corrected chi connectivity index (χ3v) is 18.5. The molecule has 10 N–H and O–H groups in total. The molecule has 2 rings (SSSR count). The fourth-order valence-electron chi connectivity index (χ4n) is 9.14. The lowest BCUT2D eigenvalue weighted by Gasteiger charge is -2.23. The van der Waals surface area contributed by atoms with E-state index in [1.807, 2.05) is 18.2 Å². The average Bonchev–Trinajstić information content (AvgIpc) is 2.51. The summed E-state index contributed by atoms with van der Waals surface area (Å²) in [6.45, 7) is 4.04. The molecule has 1 aliphatic heterocycles. The molecule has 1 fully saturated rings. The number of carboxylic acid groups (broad SMARTS) is 1. The number of phosphoric ester groups is 2. The summed E-state index contributed by atoms with van der Waals surface area (Å²) in [4.78, 5) is 74.3. The third kappa shape index (κ3) is 37.8. The molecule has 1 saturated heterocycles. The molecule has 1 aromatic rings. The standard InChI is InChI=1S/C60H104N4O18P2S/c1-4-6-7-8-9-10-11-21-24-27-30-33-38-52(50(65)37-35-39-54(66)67)85-46-49(61)59(71)77-43-48(80-55(68)40-34-31-28-25-22-19-17-15-13-12-14-16-18-20-23-26-29-32-36-47(3)5-2)44-78-83(73,74)82-84(75,76)79-45-51-56(69)57(70)58(81-51)64-42-41-53(62)63-60(64)72/h9-10,21,24,27,30,33,38,41-42,47-52,56-58,65,69-70H,4-8,11-20,22-23,25-26,28-29,31-32,34-37,39-40,43-46,61H2,1-3H3,(H,66,67)(H,73,74)(H,75,76)(H2,62,63,72)/b10-9-,24-21-,30-27+,38-33+/t47?,48-,49+,50+,51-,52-,56-,57-,58-/m1/s1. The smallest absolute Gasteiger partial charge is 0.481 e. The monoisotopic (exact) mass is 1260 g/mol. The van der Waals surface area contributed by atoms with Gasteiger partial charge in [-0.15, -0.1) is 11.8 Å². The van der Waals surface area contributed by atoms with E-state index in [1.54, 1.807) is 18.2 Å². The second-order valence-corrected chi connectivity index (χ2v) is 26.3. The Kier molecular flexibility index (Phi) is 42.5. The number of rotatable bonds is 52. The predicted octanol–water partition coefficient (Wildman–Crippen LogP) is 11.2. The van der Waals surface area contributed by atoms with E-state index in [4.69, 9.17) is 39.8 Å². The van der Waals surface area contributed by atoms with Crippen molar-refractivity contribution < 1.29 is 81.3 Å².